The molecule has 0 radical (unpaired) electrons. The minimum absolute atomic E-state index is 0.0795. The van der Waals surface area contributed by atoms with Gasteiger partial charge in [0.15, 0.2) is 6.19 Å². The molecule has 2 aromatic heterocycles. The molecular formula is C33H31ClF3N9O3. The second kappa shape index (κ2) is 17.9. The van der Waals surface area contributed by atoms with E-state index >= 15 is 0 Å². The highest BCUT2D eigenvalue weighted by Crippen LogP contribution is 2.36. The van der Waals surface area contributed by atoms with E-state index in [4.69, 9.17) is 21.6 Å². The molecule has 49 heavy (non-hydrogen) atoms. The Kier molecular flexibility index (Phi) is 13.1. The minimum atomic E-state index is -4.66. The maximum absolute atomic E-state index is 13.1. The van der Waals surface area contributed by atoms with Crippen LogP contribution in [0.4, 0.5) is 35.0 Å². The van der Waals surface area contributed by atoms with Crippen LogP contribution in [0, 0.1) is 11.5 Å². The van der Waals surface area contributed by atoms with Gasteiger partial charge in [0.05, 0.1) is 10.6 Å². The van der Waals surface area contributed by atoms with Crippen molar-refractivity contribution in [3.63, 3.8) is 0 Å². The summed E-state index contributed by atoms with van der Waals surface area (Å²) in [5, 5.41) is 21.7. The number of unbranched alkanes of at least 4 members (excludes halogenated alkanes) is 3. The van der Waals surface area contributed by atoms with Gasteiger partial charge in [-0.25, -0.2) is 4.79 Å². The molecule has 0 saturated heterocycles. The Morgan fingerprint density at radius 1 is 0.837 bits per heavy atom. The van der Waals surface area contributed by atoms with Gasteiger partial charge in [0.1, 0.15) is 17.2 Å². The SMILES string of the molecule is N#CNC(=NCCCCCCNC(=O)c1cc(Oc2ccc(NC(=O)Nc3ccc(Cl)c(C(F)(F)F)c3)cc2)ccn1)Nc1ccncc1. The quantitative estimate of drug-likeness (QED) is 0.0317. The van der Waals surface area contributed by atoms with Crippen LogP contribution >= 0.6 is 11.6 Å². The molecule has 0 aliphatic carbocycles. The van der Waals surface area contributed by atoms with Crippen molar-refractivity contribution in [2.45, 2.75) is 31.9 Å². The van der Waals surface area contributed by atoms with Crippen LogP contribution in [0.15, 0.2) is 90.3 Å². The molecule has 0 bridgehead atoms. The van der Waals surface area contributed by atoms with Crippen LogP contribution in [0.25, 0.3) is 0 Å². The fourth-order valence-corrected chi connectivity index (χ4v) is 4.49. The molecule has 0 unspecified atom stereocenters. The van der Waals surface area contributed by atoms with E-state index in [0.29, 0.717) is 36.2 Å². The summed E-state index contributed by atoms with van der Waals surface area (Å²) in [6.45, 7) is 0.988. The van der Waals surface area contributed by atoms with Gasteiger partial charge in [-0.2, -0.15) is 18.4 Å². The fourth-order valence-electron chi connectivity index (χ4n) is 4.26. The molecule has 4 aromatic rings. The van der Waals surface area contributed by atoms with E-state index < -0.39 is 22.8 Å². The highest BCUT2D eigenvalue weighted by atomic mass is 35.5. The predicted molar refractivity (Wildman–Crippen MR) is 180 cm³/mol. The van der Waals surface area contributed by atoms with E-state index in [0.717, 1.165) is 43.5 Å². The van der Waals surface area contributed by atoms with E-state index in [-0.39, 0.29) is 17.3 Å². The van der Waals surface area contributed by atoms with Gasteiger partial charge >= 0.3 is 12.2 Å². The van der Waals surface area contributed by atoms with Gasteiger partial charge in [-0.05, 0) is 73.5 Å². The van der Waals surface area contributed by atoms with Gasteiger partial charge in [0.25, 0.3) is 5.91 Å². The fraction of sp³-hybridized carbons (Fsp3) is 0.212. The van der Waals surface area contributed by atoms with Crippen molar-refractivity contribution in [1.82, 2.24) is 20.6 Å². The standard InChI is InChI=1S/C33H31ClF3N9O3/c34-28-10-7-24(19-27(28)33(35,36)37)46-32(48)45-22-5-8-25(9-6-22)49-26-13-18-40-29(20-26)30(47)41-14-3-1-2-4-15-42-31(43-21-38)44-23-11-16-39-17-12-23/h5-13,16-20H,1-4,14-15H2,(H,41,47)(H2,45,46,48)(H2,39,42,43,44). The number of halogens is 4. The lowest BCUT2D eigenvalue weighted by atomic mass is 10.2. The van der Waals surface area contributed by atoms with Crippen LogP contribution in [-0.2, 0) is 6.18 Å². The topological polar surface area (TPSA) is 165 Å². The van der Waals surface area contributed by atoms with Crippen molar-refractivity contribution in [3.8, 4) is 17.7 Å². The zero-order valence-corrected chi connectivity index (χ0v) is 26.6. The molecule has 5 N–H and O–H groups in total. The number of nitriles is 1. The Labute approximate surface area is 284 Å². The average molecular weight is 694 g/mol. The summed E-state index contributed by atoms with van der Waals surface area (Å²) in [6, 6.07) is 15.2. The van der Waals surface area contributed by atoms with Crippen LogP contribution < -0.4 is 31.3 Å². The third-order valence-corrected chi connectivity index (χ3v) is 6.93. The van der Waals surface area contributed by atoms with Crippen molar-refractivity contribution < 1.29 is 27.5 Å². The Hall–Kier alpha value is -5.88. The number of carbonyl (C=O) groups is 2. The van der Waals surface area contributed by atoms with E-state index in [2.05, 4.69) is 41.5 Å². The van der Waals surface area contributed by atoms with Crippen LogP contribution in [0.2, 0.25) is 5.02 Å². The third-order valence-electron chi connectivity index (χ3n) is 6.60. The third kappa shape index (κ3) is 12.0. The number of hydrogen-bond acceptors (Lipinski definition) is 7. The first-order chi connectivity index (χ1) is 23.6. The number of urea groups is 1. The molecule has 0 saturated carbocycles. The molecule has 12 nitrogen and oxygen atoms in total. The maximum atomic E-state index is 13.1. The second-order valence-corrected chi connectivity index (χ2v) is 10.7. The van der Waals surface area contributed by atoms with E-state index in [9.17, 15) is 22.8 Å². The van der Waals surface area contributed by atoms with Crippen molar-refractivity contribution in [3.05, 3.63) is 102 Å². The number of rotatable bonds is 13. The zero-order chi connectivity index (χ0) is 35.1. The number of benzene rings is 2. The molecular weight excluding hydrogens is 663 g/mol. The molecule has 2 heterocycles. The molecule has 0 aliphatic rings. The summed E-state index contributed by atoms with van der Waals surface area (Å²) < 4.78 is 45.1. The van der Waals surface area contributed by atoms with Crippen LogP contribution in [0.5, 0.6) is 11.5 Å². The Bertz CT molecular complexity index is 1780. The number of alkyl halides is 3. The molecule has 4 rings (SSSR count). The number of nitrogens with zero attached hydrogens (tertiary/aromatic N) is 4. The van der Waals surface area contributed by atoms with Crippen molar-refractivity contribution in [2.75, 3.05) is 29.0 Å². The number of amides is 3. The average Bonchev–Trinajstić information content (AvgIpc) is 3.07. The molecule has 2 aromatic carbocycles. The van der Waals surface area contributed by atoms with Crippen LogP contribution in [-0.4, -0.2) is 41.0 Å². The number of pyridine rings is 2. The van der Waals surface area contributed by atoms with Crippen molar-refractivity contribution >= 4 is 46.6 Å². The first-order valence-corrected chi connectivity index (χ1v) is 15.3. The summed E-state index contributed by atoms with van der Waals surface area (Å²) in [4.78, 5) is 37.4. The Morgan fingerprint density at radius 3 is 2.27 bits per heavy atom. The normalized spacial score (nSPS) is 11.2. The minimum Gasteiger partial charge on any atom is -0.457 e. The number of nitrogens with one attached hydrogen (secondary N) is 5. The molecule has 0 atom stereocenters. The maximum Gasteiger partial charge on any atom is 0.417 e. The molecule has 0 fully saturated rings. The summed E-state index contributed by atoms with van der Waals surface area (Å²) in [6.07, 6.45) is 5.25. The summed E-state index contributed by atoms with van der Waals surface area (Å²) in [5.41, 5.74) is 0.160. The van der Waals surface area contributed by atoms with Crippen molar-refractivity contribution in [2.24, 2.45) is 4.99 Å². The number of hydrogen-bond donors (Lipinski definition) is 5. The zero-order valence-electron chi connectivity index (χ0n) is 25.9. The monoisotopic (exact) mass is 693 g/mol. The smallest absolute Gasteiger partial charge is 0.417 e. The van der Waals surface area contributed by atoms with E-state index in [1.807, 2.05) is 6.19 Å². The van der Waals surface area contributed by atoms with Gasteiger partial charge in [-0.3, -0.25) is 25.1 Å². The lowest BCUT2D eigenvalue weighted by molar-refractivity contribution is -0.137. The van der Waals surface area contributed by atoms with Gasteiger partial charge in [0.2, 0.25) is 5.96 Å². The van der Waals surface area contributed by atoms with Gasteiger partial charge in [-0.15, -0.1) is 0 Å². The largest absolute Gasteiger partial charge is 0.457 e. The molecule has 0 spiro atoms. The molecule has 254 valence electrons. The molecule has 0 aliphatic heterocycles. The molecule has 16 heteroatoms. The Balaban J connectivity index is 1.16. The number of carbonyl (C=O) groups excluding carboxylic acids is 2. The summed E-state index contributed by atoms with van der Waals surface area (Å²) in [7, 11) is 0. The summed E-state index contributed by atoms with van der Waals surface area (Å²) >= 11 is 5.62. The highest BCUT2D eigenvalue weighted by Gasteiger charge is 2.33. The van der Waals surface area contributed by atoms with Crippen molar-refractivity contribution in [1.29, 1.82) is 5.26 Å². The first kappa shape index (κ1) is 36.0. The highest BCUT2D eigenvalue weighted by molar-refractivity contribution is 6.31. The predicted octanol–water partition coefficient (Wildman–Crippen LogP) is 7.41. The summed E-state index contributed by atoms with van der Waals surface area (Å²) in [5.74, 6) is 0.785. The van der Waals surface area contributed by atoms with Gasteiger partial charge in [0, 0.05) is 54.8 Å². The number of anilines is 3. The second-order valence-electron chi connectivity index (χ2n) is 10.3. The van der Waals surface area contributed by atoms with E-state index in [1.165, 1.54) is 18.3 Å². The lowest BCUT2D eigenvalue weighted by Gasteiger charge is -2.12. The van der Waals surface area contributed by atoms with E-state index in [1.54, 1.807) is 54.9 Å². The lowest BCUT2D eigenvalue weighted by Crippen LogP contribution is -2.27. The molecule has 3 amide bonds. The number of guanidine groups is 1. The van der Waals surface area contributed by atoms with Crippen LogP contribution in [0.1, 0.15) is 41.7 Å². The number of aliphatic imine (C=N–C) groups is 1. The van der Waals surface area contributed by atoms with Gasteiger partial charge in [-0.1, -0.05) is 24.4 Å². The van der Waals surface area contributed by atoms with Crippen LogP contribution in [0.3, 0.4) is 0 Å². The van der Waals surface area contributed by atoms with Gasteiger partial charge < -0.3 is 26.0 Å². The first-order valence-electron chi connectivity index (χ1n) is 14.9. The number of aromatic nitrogens is 2. The Morgan fingerprint density at radius 2 is 1.53 bits per heavy atom. The number of ether oxygens (including phenoxy) is 1.